The molecule has 0 unspecified atom stereocenters. The zero-order valence-corrected chi connectivity index (χ0v) is 25.2. The number of rotatable bonds is 5. The largest absolute Gasteiger partial charge is 0.454 e. The topological polar surface area (TPSA) is 116 Å². The minimum atomic E-state index is -3.69. The van der Waals surface area contributed by atoms with Crippen molar-refractivity contribution in [3.8, 4) is 23.0 Å². The van der Waals surface area contributed by atoms with E-state index in [1.807, 2.05) is 36.4 Å². The van der Waals surface area contributed by atoms with Crippen LogP contribution in [-0.4, -0.2) is 69.2 Å². The van der Waals surface area contributed by atoms with Gasteiger partial charge in [-0.05, 0) is 90.6 Å². The second-order valence-corrected chi connectivity index (χ2v) is 13.5. The fourth-order valence-electron chi connectivity index (χ4n) is 6.64. The van der Waals surface area contributed by atoms with Gasteiger partial charge in [-0.3, -0.25) is 4.79 Å². The zero-order valence-electron chi connectivity index (χ0n) is 24.4. The molecule has 5 aliphatic rings. The summed E-state index contributed by atoms with van der Waals surface area (Å²) in [4.78, 5) is 14.3. The third kappa shape index (κ3) is 5.02. The van der Waals surface area contributed by atoms with Crippen LogP contribution in [0.15, 0.2) is 76.2 Å². The molecule has 2 fully saturated rings. The minimum absolute atomic E-state index is 0.0377. The van der Waals surface area contributed by atoms with Crippen molar-refractivity contribution in [3.63, 3.8) is 0 Å². The highest BCUT2D eigenvalue weighted by molar-refractivity contribution is 7.89. The van der Waals surface area contributed by atoms with Gasteiger partial charge in [0.15, 0.2) is 23.0 Å². The first-order chi connectivity index (χ1) is 22.0. The Morgan fingerprint density at radius 1 is 0.844 bits per heavy atom. The first-order valence-corrected chi connectivity index (χ1v) is 16.5. The van der Waals surface area contributed by atoms with Gasteiger partial charge < -0.3 is 23.7 Å². The summed E-state index contributed by atoms with van der Waals surface area (Å²) in [5.41, 5.74) is 4.16. The van der Waals surface area contributed by atoms with Crippen molar-refractivity contribution in [3.05, 3.63) is 82.9 Å². The van der Waals surface area contributed by atoms with Gasteiger partial charge in [-0.2, -0.15) is 9.41 Å². The van der Waals surface area contributed by atoms with Gasteiger partial charge in [-0.15, -0.1) is 0 Å². The highest BCUT2D eigenvalue weighted by Gasteiger charge is 2.44. The lowest BCUT2D eigenvalue weighted by Crippen LogP contribution is -2.40. The van der Waals surface area contributed by atoms with E-state index in [0.717, 1.165) is 47.4 Å². The molecule has 0 bridgehead atoms. The van der Waals surface area contributed by atoms with Crippen LogP contribution in [0.1, 0.15) is 46.8 Å². The summed E-state index contributed by atoms with van der Waals surface area (Å²) >= 11 is 0. The van der Waals surface area contributed by atoms with Crippen LogP contribution in [0.3, 0.4) is 0 Å². The number of benzene rings is 3. The summed E-state index contributed by atoms with van der Waals surface area (Å²) in [7, 11) is -3.69. The van der Waals surface area contributed by atoms with Crippen LogP contribution in [0.25, 0.3) is 6.08 Å². The number of allylic oxidation sites excluding steroid dienone is 1. The predicted molar refractivity (Wildman–Crippen MR) is 163 cm³/mol. The Hall–Kier alpha value is -4.39. The number of hydrazone groups is 1. The van der Waals surface area contributed by atoms with Crippen LogP contribution < -0.4 is 18.9 Å². The third-order valence-corrected chi connectivity index (χ3v) is 10.8. The van der Waals surface area contributed by atoms with Gasteiger partial charge in [-0.1, -0.05) is 12.1 Å². The van der Waals surface area contributed by atoms with Crippen LogP contribution in [-0.2, 0) is 14.8 Å². The fourth-order valence-corrected chi connectivity index (χ4v) is 8.05. The number of ether oxygens (including phenoxy) is 5. The summed E-state index contributed by atoms with van der Waals surface area (Å²) in [5.74, 6) is 2.39. The van der Waals surface area contributed by atoms with Crippen LogP contribution in [0.5, 0.6) is 23.0 Å². The molecule has 4 heterocycles. The lowest BCUT2D eigenvalue weighted by Gasteiger charge is -2.30. The Balaban J connectivity index is 1.14. The van der Waals surface area contributed by atoms with Crippen molar-refractivity contribution in [1.82, 2.24) is 9.31 Å². The number of hydrogen-bond acceptors (Lipinski definition) is 9. The second kappa shape index (κ2) is 11.2. The fraction of sp³-hybridized carbons (Fsp3) is 0.333. The average Bonchev–Trinajstić information content (AvgIpc) is 3.83. The summed E-state index contributed by atoms with van der Waals surface area (Å²) in [6.45, 7) is 1.68. The van der Waals surface area contributed by atoms with Crippen molar-refractivity contribution in [1.29, 1.82) is 0 Å². The summed E-state index contributed by atoms with van der Waals surface area (Å²) < 4.78 is 55.4. The van der Waals surface area contributed by atoms with E-state index in [9.17, 15) is 13.2 Å². The number of sulfonamides is 1. The van der Waals surface area contributed by atoms with E-state index in [2.05, 4.69) is 6.08 Å². The Kier molecular flexibility index (Phi) is 7.00. The van der Waals surface area contributed by atoms with Crippen molar-refractivity contribution < 1.29 is 36.9 Å². The zero-order chi connectivity index (χ0) is 30.5. The Labute approximate surface area is 260 Å². The van der Waals surface area contributed by atoms with Crippen LogP contribution in [0.4, 0.5) is 0 Å². The van der Waals surface area contributed by atoms with E-state index < -0.39 is 10.0 Å². The van der Waals surface area contributed by atoms with Crippen molar-refractivity contribution in [2.24, 2.45) is 11.0 Å². The second-order valence-electron chi connectivity index (χ2n) is 11.5. The Bertz CT molecular complexity index is 1830. The van der Waals surface area contributed by atoms with E-state index in [4.69, 9.17) is 28.8 Å². The molecule has 0 N–H and O–H groups in total. The van der Waals surface area contributed by atoms with Gasteiger partial charge in [0, 0.05) is 24.6 Å². The number of carbonyl (C=O) groups is 1. The molecule has 3 aromatic rings. The average molecular weight is 630 g/mol. The SMILES string of the molecule is O=C(c1ccc(S(=O)(=O)N2CCOCC2)cc1)N1N=C2/C(=C\c3ccc4c(c3)OCO4)CCC[C@H]2[C@H]1c1ccc2c(c1)OCO2. The van der Waals surface area contributed by atoms with E-state index in [-0.39, 0.29) is 36.3 Å². The highest BCUT2D eigenvalue weighted by Crippen LogP contribution is 2.47. The Morgan fingerprint density at radius 2 is 1.53 bits per heavy atom. The van der Waals surface area contributed by atoms with Crippen LogP contribution >= 0.6 is 0 Å². The molecule has 1 saturated heterocycles. The normalized spacial score (nSPS) is 23.2. The van der Waals surface area contributed by atoms with Crippen molar-refractivity contribution in [2.75, 3.05) is 39.9 Å². The van der Waals surface area contributed by atoms with Crippen LogP contribution in [0.2, 0.25) is 0 Å². The molecule has 4 aliphatic heterocycles. The van der Waals surface area contributed by atoms with Gasteiger partial charge in [0.2, 0.25) is 23.6 Å². The molecule has 1 amide bonds. The number of nitrogens with zero attached hydrogens (tertiary/aromatic N) is 3. The maximum absolute atomic E-state index is 14.2. The van der Waals surface area contributed by atoms with Gasteiger partial charge in [0.05, 0.1) is 29.9 Å². The van der Waals surface area contributed by atoms with E-state index in [1.54, 1.807) is 17.1 Å². The van der Waals surface area contributed by atoms with Gasteiger partial charge >= 0.3 is 0 Å². The predicted octanol–water partition coefficient (Wildman–Crippen LogP) is 4.60. The molecule has 3 aromatic carbocycles. The van der Waals surface area contributed by atoms with Gasteiger partial charge in [0.1, 0.15) is 0 Å². The van der Waals surface area contributed by atoms with E-state index in [0.29, 0.717) is 49.1 Å². The molecule has 0 spiro atoms. The molecule has 45 heavy (non-hydrogen) atoms. The molecule has 232 valence electrons. The first-order valence-electron chi connectivity index (χ1n) is 15.1. The smallest absolute Gasteiger partial charge is 0.274 e. The molecule has 1 saturated carbocycles. The third-order valence-electron chi connectivity index (χ3n) is 8.89. The molecular formula is C33H31N3O8S. The standard InChI is InChI=1S/C33H31N3O8S/c37-33(22-5-8-25(9-6-22)45(38,39)35-12-14-40-15-13-35)36-32(24-7-11-28-30(18-24)44-20-42-28)26-3-1-2-23(31(26)34-36)16-21-4-10-27-29(17-21)43-19-41-27/h4-11,16-18,26,32H,1-3,12-15,19-20H2/b23-16-/t26-,32-/m1/s1. The maximum Gasteiger partial charge on any atom is 0.274 e. The van der Waals surface area contributed by atoms with E-state index in [1.165, 1.54) is 16.4 Å². The number of carbonyl (C=O) groups excluding carboxylic acids is 1. The maximum atomic E-state index is 14.2. The monoisotopic (exact) mass is 629 g/mol. The molecule has 8 rings (SSSR count). The highest BCUT2D eigenvalue weighted by atomic mass is 32.2. The van der Waals surface area contributed by atoms with Gasteiger partial charge in [-0.25, -0.2) is 13.4 Å². The minimum Gasteiger partial charge on any atom is -0.454 e. The molecule has 11 nitrogen and oxygen atoms in total. The lowest BCUT2D eigenvalue weighted by molar-refractivity contribution is 0.0680. The number of amides is 1. The molecule has 12 heteroatoms. The molecule has 0 radical (unpaired) electrons. The van der Waals surface area contributed by atoms with Crippen molar-refractivity contribution in [2.45, 2.75) is 30.2 Å². The summed E-state index contributed by atoms with van der Waals surface area (Å²) in [5, 5.41) is 6.55. The molecular weight excluding hydrogens is 598 g/mol. The van der Waals surface area contributed by atoms with Crippen LogP contribution in [0, 0.1) is 5.92 Å². The van der Waals surface area contributed by atoms with Gasteiger partial charge in [0.25, 0.3) is 5.91 Å². The number of hydrogen-bond donors (Lipinski definition) is 0. The number of morpholine rings is 1. The molecule has 0 aromatic heterocycles. The summed E-state index contributed by atoms with van der Waals surface area (Å²) in [6, 6.07) is 17.4. The van der Waals surface area contributed by atoms with Crippen molar-refractivity contribution >= 4 is 27.7 Å². The Morgan fingerprint density at radius 3 is 2.29 bits per heavy atom. The quantitative estimate of drug-likeness (QED) is 0.402. The molecule has 1 aliphatic carbocycles. The molecule has 2 atom stereocenters. The first kappa shape index (κ1) is 28.1. The number of fused-ring (bicyclic) bond motifs is 3. The van der Waals surface area contributed by atoms with E-state index >= 15 is 0 Å². The lowest BCUT2D eigenvalue weighted by atomic mass is 9.77. The summed E-state index contributed by atoms with van der Waals surface area (Å²) in [6.07, 6.45) is 4.74.